The van der Waals surface area contributed by atoms with E-state index >= 15 is 0 Å². The fraction of sp³-hybridized carbons (Fsp3) is 0.714. The summed E-state index contributed by atoms with van der Waals surface area (Å²) in [6.07, 6.45) is 1.57. The SMILES string of the molecule is CN=C(NC)SCCCC#N. The predicted molar refractivity (Wildman–Crippen MR) is 49.7 cm³/mol. The van der Waals surface area contributed by atoms with Crippen molar-refractivity contribution in [3.8, 4) is 6.07 Å². The van der Waals surface area contributed by atoms with Crippen LogP contribution in [0.15, 0.2) is 4.99 Å². The summed E-state index contributed by atoms with van der Waals surface area (Å²) >= 11 is 1.65. The van der Waals surface area contributed by atoms with Crippen LogP contribution in [0.1, 0.15) is 12.8 Å². The van der Waals surface area contributed by atoms with Crippen LogP contribution < -0.4 is 5.32 Å². The van der Waals surface area contributed by atoms with Gasteiger partial charge in [-0.15, -0.1) is 0 Å². The number of nitriles is 1. The smallest absolute Gasteiger partial charge is 0.156 e. The molecule has 0 aliphatic carbocycles. The first-order chi connectivity index (χ1) is 5.35. The average molecular weight is 171 g/mol. The zero-order valence-electron chi connectivity index (χ0n) is 6.92. The summed E-state index contributed by atoms with van der Waals surface area (Å²) in [5.74, 6) is 0.959. The van der Waals surface area contributed by atoms with E-state index in [1.165, 1.54) is 0 Å². The van der Waals surface area contributed by atoms with Gasteiger partial charge in [0.1, 0.15) is 0 Å². The average Bonchev–Trinajstić information content (AvgIpc) is 2.05. The Morgan fingerprint density at radius 2 is 2.45 bits per heavy atom. The summed E-state index contributed by atoms with van der Waals surface area (Å²) in [7, 11) is 3.60. The molecule has 0 spiro atoms. The molecule has 0 aliphatic heterocycles. The van der Waals surface area contributed by atoms with E-state index in [9.17, 15) is 0 Å². The Kier molecular flexibility index (Phi) is 6.95. The largest absolute Gasteiger partial charge is 0.368 e. The van der Waals surface area contributed by atoms with Crippen molar-refractivity contribution in [1.29, 1.82) is 5.26 Å². The minimum Gasteiger partial charge on any atom is -0.368 e. The molecule has 0 heterocycles. The lowest BCUT2D eigenvalue weighted by atomic mass is 10.4. The second-order valence-electron chi connectivity index (χ2n) is 1.89. The molecule has 62 valence electrons. The van der Waals surface area contributed by atoms with Gasteiger partial charge in [-0.2, -0.15) is 5.26 Å². The van der Waals surface area contributed by atoms with Gasteiger partial charge in [-0.05, 0) is 6.42 Å². The molecule has 0 atom stereocenters. The summed E-state index contributed by atoms with van der Waals surface area (Å²) < 4.78 is 0. The lowest BCUT2D eigenvalue weighted by Crippen LogP contribution is -2.14. The number of nitrogens with zero attached hydrogens (tertiary/aromatic N) is 2. The molecule has 0 bridgehead atoms. The molecule has 0 aromatic rings. The van der Waals surface area contributed by atoms with Crippen LogP contribution in [0.2, 0.25) is 0 Å². The zero-order valence-corrected chi connectivity index (χ0v) is 7.74. The molecular weight excluding hydrogens is 158 g/mol. The fourth-order valence-corrected chi connectivity index (χ4v) is 1.32. The van der Waals surface area contributed by atoms with Crippen molar-refractivity contribution in [3.05, 3.63) is 0 Å². The Morgan fingerprint density at radius 1 is 1.73 bits per heavy atom. The molecule has 0 unspecified atom stereocenters. The summed E-state index contributed by atoms with van der Waals surface area (Å²) in [4.78, 5) is 3.99. The van der Waals surface area contributed by atoms with Gasteiger partial charge >= 0.3 is 0 Å². The van der Waals surface area contributed by atoms with Gasteiger partial charge in [-0.1, -0.05) is 11.8 Å². The van der Waals surface area contributed by atoms with E-state index < -0.39 is 0 Å². The van der Waals surface area contributed by atoms with Crippen molar-refractivity contribution in [2.75, 3.05) is 19.8 Å². The molecule has 0 radical (unpaired) electrons. The van der Waals surface area contributed by atoms with Crippen molar-refractivity contribution in [2.24, 2.45) is 4.99 Å². The van der Waals surface area contributed by atoms with Gasteiger partial charge in [0.15, 0.2) is 5.17 Å². The van der Waals surface area contributed by atoms with Crippen molar-refractivity contribution in [1.82, 2.24) is 5.32 Å². The van der Waals surface area contributed by atoms with E-state index in [0.717, 1.165) is 17.3 Å². The molecule has 3 nitrogen and oxygen atoms in total. The summed E-state index contributed by atoms with van der Waals surface area (Å²) in [5.41, 5.74) is 0. The highest BCUT2D eigenvalue weighted by Crippen LogP contribution is 2.04. The van der Waals surface area contributed by atoms with Crippen LogP contribution in [0, 0.1) is 11.3 Å². The Hall–Kier alpha value is -0.690. The first kappa shape index (κ1) is 10.3. The Balaban J connectivity index is 3.31. The molecule has 0 rings (SSSR count). The molecule has 0 saturated heterocycles. The van der Waals surface area contributed by atoms with Crippen LogP contribution in [0.25, 0.3) is 0 Å². The third kappa shape index (κ3) is 5.74. The molecule has 0 fully saturated rings. The highest BCUT2D eigenvalue weighted by Gasteiger charge is 1.93. The minimum absolute atomic E-state index is 0.633. The standard InChI is InChI=1S/C7H13N3S/c1-9-7(10-2)11-6-4-3-5-8/h3-4,6H2,1-2H3,(H,9,10). The quantitative estimate of drug-likeness (QED) is 0.394. The van der Waals surface area contributed by atoms with Gasteiger partial charge in [-0.3, -0.25) is 4.99 Å². The van der Waals surface area contributed by atoms with E-state index in [4.69, 9.17) is 5.26 Å². The monoisotopic (exact) mass is 171 g/mol. The van der Waals surface area contributed by atoms with Gasteiger partial charge in [0.05, 0.1) is 6.07 Å². The zero-order chi connectivity index (χ0) is 8.53. The van der Waals surface area contributed by atoms with Crippen LogP contribution in [-0.2, 0) is 0 Å². The van der Waals surface area contributed by atoms with Crippen molar-refractivity contribution in [2.45, 2.75) is 12.8 Å². The van der Waals surface area contributed by atoms with Crippen LogP contribution in [0.4, 0.5) is 0 Å². The highest BCUT2D eigenvalue weighted by molar-refractivity contribution is 8.13. The van der Waals surface area contributed by atoms with Crippen LogP contribution in [0.5, 0.6) is 0 Å². The number of amidine groups is 1. The molecule has 1 N–H and O–H groups in total. The number of thioether (sulfide) groups is 1. The van der Waals surface area contributed by atoms with Gasteiger partial charge in [0.25, 0.3) is 0 Å². The molecule has 0 amide bonds. The second kappa shape index (κ2) is 7.42. The van der Waals surface area contributed by atoms with E-state index in [2.05, 4.69) is 16.4 Å². The first-order valence-electron chi connectivity index (χ1n) is 3.49. The van der Waals surface area contributed by atoms with Crippen molar-refractivity contribution in [3.63, 3.8) is 0 Å². The third-order valence-electron chi connectivity index (χ3n) is 1.09. The maximum absolute atomic E-state index is 8.24. The van der Waals surface area contributed by atoms with Crippen LogP contribution in [-0.4, -0.2) is 25.0 Å². The Morgan fingerprint density at radius 3 is 2.91 bits per heavy atom. The maximum atomic E-state index is 8.24. The van der Waals surface area contributed by atoms with E-state index in [1.807, 2.05) is 7.05 Å². The van der Waals surface area contributed by atoms with E-state index in [1.54, 1.807) is 18.8 Å². The van der Waals surface area contributed by atoms with Crippen LogP contribution >= 0.6 is 11.8 Å². The highest BCUT2D eigenvalue weighted by atomic mass is 32.2. The summed E-state index contributed by atoms with van der Waals surface area (Å²) in [6, 6.07) is 2.10. The topological polar surface area (TPSA) is 48.2 Å². The first-order valence-corrected chi connectivity index (χ1v) is 4.48. The van der Waals surface area contributed by atoms with Crippen molar-refractivity contribution < 1.29 is 0 Å². The van der Waals surface area contributed by atoms with Gasteiger partial charge < -0.3 is 5.32 Å². The molecule has 0 aromatic carbocycles. The number of unbranched alkanes of at least 4 members (excludes halogenated alkanes) is 1. The minimum atomic E-state index is 0.633. The Labute approximate surface area is 71.9 Å². The summed E-state index contributed by atoms with van der Waals surface area (Å²) in [5, 5.41) is 12.1. The number of hydrogen-bond acceptors (Lipinski definition) is 3. The molecule has 4 heteroatoms. The van der Waals surface area contributed by atoms with Gasteiger partial charge in [-0.25, -0.2) is 0 Å². The number of nitrogens with one attached hydrogen (secondary N) is 1. The summed E-state index contributed by atoms with van der Waals surface area (Å²) in [6.45, 7) is 0. The van der Waals surface area contributed by atoms with E-state index in [0.29, 0.717) is 6.42 Å². The van der Waals surface area contributed by atoms with Crippen LogP contribution in [0.3, 0.4) is 0 Å². The number of rotatable bonds is 3. The molecule has 0 aromatic heterocycles. The maximum Gasteiger partial charge on any atom is 0.156 e. The van der Waals surface area contributed by atoms with Crippen molar-refractivity contribution >= 4 is 16.9 Å². The lowest BCUT2D eigenvalue weighted by molar-refractivity contribution is 0.983. The van der Waals surface area contributed by atoms with Gasteiger partial charge in [0, 0.05) is 26.3 Å². The molecule has 11 heavy (non-hydrogen) atoms. The third-order valence-corrected chi connectivity index (χ3v) is 2.24. The predicted octanol–water partition coefficient (Wildman–Crippen LogP) is 1.23. The second-order valence-corrected chi connectivity index (χ2v) is 2.97. The number of hydrogen-bond donors (Lipinski definition) is 1. The lowest BCUT2D eigenvalue weighted by Gasteiger charge is -2.01. The fourth-order valence-electron chi connectivity index (χ4n) is 0.569. The Bertz CT molecular complexity index is 160. The normalized spacial score (nSPS) is 10.8. The molecule has 0 saturated carbocycles. The molecular formula is C7H13N3S. The molecule has 0 aliphatic rings. The van der Waals surface area contributed by atoms with Gasteiger partial charge in [0.2, 0.25) is 0 Å². The number of aliphatic imine (C=N–C) groups is 1. The van der Waals surface area contributed by atoms with E-state index in [-0.39, 0.29) is 0 Å².